The highest BCUT2D eigenvalue weighted by molar-refractivity contribution is 7.27. The number of thiophene rings is 4. The van der Waals surface area contributed by atoms with Gasteiger partial charge in [0.15, 0.2) is 0 Å². The van der Waals surface area contributed by atoms with Gasteiger partial charge in [0.1, 0.15) is 0 Å². The molecule has 0 atom stereocenters. The minimum absolute atomic E-state index is 0.856. The molecule has 1 aliphatic rings. The second-order valence-electron chi connectivity index (χ2n) is 16.9. The second-order valence-corrected chi connectivity index (χ2v) is 21.1. The van der Waals surface area contributed by atoms with Crippen molar-refractivity contribution >= 4 is 150 Å². The molecule has 8 heterocycles. The van der Waals surface area contributed by atoms with E-state index in [1.807, 2.05) is 77.7 Å². The van der Waals surface area contributed by atoms with Crippen LogP contribution in [0.25, 0.3) is 138 Å². The number of anilines is 1. The number of nitrogens with zero attached hydrogens (tertiary/aromatic N) is 3. The van der Waals surface area contributed by atoms with Crippen LogP contribution in [0.2, 0.25) is 0 Å². The molecule has 0 aliphatic carbocycles. The average molecular weight is 931 g/mol. The lowest BCUT2D eigenvalue weighted by Crippen LogP contribution is -2.01. The molecule has 0 saturated carbocycles. The molecule has 1 N–H and O–H groups in total. The molecule has 0 saturated heterocycles. The minimum Gasteiger partial charge on any atom is -0.380 e. The van der Waals surface area contributed by atoms with Crippen LogP contribution in [0.1, 0.15) is 18.7 Å². The number of pyridine rings is 2. The molecule has 1 aliphatic heterocycles. The Hall–Kier alpha value is -7.20. The lowest BCUT2D eigenvalue weighted by atomic mass is 9.94. The summed E-state index contributed by atoms with van der Waals surface area (Å²) < 4.78 is 11.2. The van der Waals surface area contributed by atoms with E-state index >= 15 is 0 Å². The highest BCUT2D eigenvalue weighted by Gasteiger charge is 2.22. The maximum Gasteiger partial charge on any atom is 0.0889 e. The van der Waals surface area contributed by atoms with Gasteiger partial charge in [0.2, 0.25) is 0 Å². The molecule has 0 spiro atoms. The van der Waals surface area contributed by atoms with Crippen molar-refractivity contribution in [2.24, 2.45) is 0 Å². The Labute approximate surface area is 401 Å². The van der Waals surface area contributed by atoms with Crippen LogP contribution < -0.4 is 5.32 Å². The van der Waals surface area contributed by atoms with E-state index in [-0.39, 0.29) is 0 Å². The van der Waals surface area contributed by atoms with E-state index in [1.54, 1.807) is 0 Å². The molecule has 0 amide bonds. The maximum atomic E-state index is 5.02. The van der Waals surface area contributed by atoms with Crippen LogP contribution >= 0.6 is 45.3 Å². The third-order valence-corrected chi connectivity index (χ3v) is 18.0. The number of para-hydroxylation sites is 2. The first-order valence-corrected chi connectivity index (χ1v) is 26.0. The normalized spacial score (nSPS) is 12.6. The van der Waals surface area contributed by atoms with Gasteiger partial charge in [-0.15, -0.1) is 45.3 Å². The summed E-state index contributed by atoms with van der Waals surface area (Å²) in [7, 11) is 0. The molecule has 0 bridgehead atoms. The summed E-state index contributed by atoms with van der Waals surface area (Å²) in [5.74, 6) is 0. The largest absolute Gasteiger partial charge is 0.380 e. The highest BCUT2D eigenvalue weighted by Crippen LogP contribution is 2.50. The van der Waals surface area contributed by atoms with Crippen molar-refractivity contribution in [3.05, 3.63) is 175 Å². The van der Waals surface area contributed by atoms with Crippen molar-refractivity contribution in [1.29, 1.82) is 0 Å². The van der Waals surface area contributed by atoms with Crippen molar-refractivity contribution in [2.45, 2.75) is 13.8 Å². The van der Waals surface area contributed by atoms with Gasteiger partial charge in [-0.05, 0) is 113 Å². The smallest absolute Gasteiger partial charge is 0.0889 e. The van der Waals surface area contributed by atoms with E-state index in [0.717, 1.165) is 23.3 Å². The fourth-order valence-electron chi connectivity index (χ4n) is 10.4. The first kappa shape index (κ1) is 39.0. The summed E-state index contributed by atoms with van der Waals surface area (Å²) in [5, 5.41) is 12.4. The van der Waals surface area contributed by atoms with Gasteiger partial charge in [-0.1, -0.05) is 86.7 Å². The van der Waals surface area contributed by atoms with Gasteiger partial charge in [0.05, 0.1) is 42.0 Å². The van der Waals surface area contributed by atoms with Crippen LogP contribution in [-0.4, -0.2) is 21.1 Å². The van der Waals surface area contributed by atoms with Gasteiger partial charge in [-0.2, -0.15) is 0 Å². The monoisotopic (exact) mass is 930 g/mol. The Morgan fingerprint density at radius 3 is 1.87 bits per heavy atom. The number of fused-ring (bicyclic) bond motifs is 15. The number of nitrogens with one attached hydrogen (secondary N) is 1. The molecular weight excluding hydrogens is 893 g/mol. The first-order chi connectivity index (χ1) is 33.2. The Kier molecular flexibility index (Phi) is 8.83. The fraction of sp³-hybridized carbons (Fsp3) is 0.0508. The molecule has 7 aromatic carbocycles. The Bertz CT molecular complexity index is 4330. The number of benzene rings is 7. The number of aromatic nitrogens is 3. The third-order valence-electron chi connectivity index (χ3n) is 13.3. The quantitative estimate of drug-likeness (QED) is 0.191. The van der Waals surface area contributed by atoms with Crippen molar-refractivity contribution in [1.82, 2.24) is 14.5 Å². The molecule has 0 radical (unpaired) electrons. The van der Waals surface area contributed by atoms with Crippen LogP contribution in [0.5, 0.6) is 0 Å². The van der Waals surface area contributed by atoms with Gasteiger partial charge in [-0.3, -0.25) is 9.97 Å². The standard InChI is InChI=1S/C57H32N4S4.C2H6/c1-3-13-45-36(9-1)37-10-2-4-14-46(37)61(45)34-29-40(57-44(30-34)54-51(64-57)17-8-24-60-54)33-27-39(32-19-21-48-43(26-32)53-50(63-48)16-7-23-59-53)56-41(28-33)38-12-5-11-35(55(38)65-56)31-18-20-47-42(25-31)52-49(62-47)15-6-22-58-52;1-2/h1-21,23-30,58H,22H2;1-2H3. The SMILES string of the molecule is C1=Cc2sc3ccc(-c4cccc5c4sc4c(-c6ccc7sc8cccnc8c7c6)cc(-c6cc(-n7c8ccccc8c8ccccc87)cc7c6sc6cccnc67)cc45)cc3c2NC1.CC. The topological polar surface area (TPSA) is 42.7 Å². The zero-order valence-corrected chi connectivity index (χ0v) is 39.7. The molecule has 7 aromatic heterocycles. The van der Waals surface area contributed by atoms with E-state index < -0.39 is 0 Å². The Balaban J connectivity index is 0.00000211. The minimum atomic E-state index is 0.856. The molecular formula is C59H38N4S4. The van der Waals surface area contributed by atoms with Gasteiger partial charge in [0, 0.05) is 97.0 Å². The summed E-state index contributed by atoms with van der Waals surface area (Å²) in [4.78, 5) is 11.2. The fourth-order valence-corrected chi connectivity index (χ4v) is 15.1. The van der Waals surface area contributed by atoms with E-state index in [1.165, 1.54) is 126 Å². The van der Waals surface area contributed by atoms with Crippen molar-refractivity contribution in [2.75, 3.05) is 11.9 Å². The zero-order valence-electron chi connectivity index (χ0n) is 36.4. The zero-order chi connectivity index (χ0) is 44.3. The second kappa shape index (κ2) is 15.2. The van der Waals surface area contributed by atoms with Gasteiger partial charge in [-0.25, -0.2) is 0 Å². The van der Waals surface area contributed by atoms with E-state index in [9.17, 15) is 0 Å². The van der Waals surface area contributed by atoms with Crippen molar-refractivity contribution < 1.29 is 0 Å². The van der Waals surface area contributed by atoms with Crippen LogP contribution in [-0.2, 0) is 0 Å². The molecule has 67 heavy (non-hydrogen) atoms. The van der Waals surface area contributed by atoms with Crippen LogP contribution in [0, 0.1) is 0 Å². The van der Waals surface area contributed by atoms with E-state index in [2.05, 4.69) is 168 Å². The molecule has 8 heteroatoms. The van der Waals surface area contributed by atoms with E-state index in [0.29, 0.717) is 0 Å². The Morgan fingerprint density at radius 2 is 1.07 bits per heavy atom. The summed E-state index contributed by atoms with van der Waals surface area (Å²) in [6.45, 7) is 4.86. The number of hydrogen-bond acceptors (Lipinski definition) is 7. The molecule has 14 aromatic rings. The van der Waals surface area contributed by atoms with Gasteiger partial charge < -0.3 is 9.88 Å². The van der Waals surface area contributed by atoms with Crippen LogP contribution in [0.4, 0.5) is 5.69 Å². The van der Waals surface area contributed by atoms with Crippen molar-refractivity contribution in [3.8, 4) is 39.1 Å². The van der Waals surface area contributed by atoms with E-state index in [4.69, 9.17) is 9.97 Å². The lowest BCUT2D eigenvalue weighted by Gasteiger charge is -2.14. The Morgan fingerprint density at radius 1 is 0.448 bits per heavy atom. The summed E-state index contributed by atoms with van der Waals surface area (Å²) in [6.07, 6.45) is 8.31. The average Bonchev–Trinajstić information content (AvgIpc) is 4.21. The maximum absolute atomic E-state index is 5.02. The van der Waals surface area contributed by atoms with Crippen LogP contribution in [0.15, 0.2) is 170 Å². The van der Waals surface area contributed by atoms with Gasteiger partial charge in [0.25, 0.3) is 0 Å². The highest BCUT2D eigenvalue weighted by atomic mass is 32.1. The van der Waals surface area contributed by atoms with Crippen LogP contribution in [0.3, 0.4) is 0 Å². The van der Waals surface area contributed by atoms with Gasteiger partial charge >= 0.3 is 0 Å². The summed E-state index contributed by atoms with van der Waals surface area (Å²) in [6, 6.07) is 56.7. The number of rotatable bonds is 4. The molecule has 4 nitrogen and oxygen atoms in total. The molecule has 0 unspecified atom stereocenters. The summed E-state index contributed by atoms with van der Waals surface area (Å²) in [5.41, 5.74) is 14.2. The number of hydrogen-bond donors (Lipinski definition) is 1. The first-order valence-electron chi connectivity index (χ1n) is 22.7. The predicted molar refractivity (Wildman–Crippen MR) is 296 cm³/mol. The predicted octanol–water partition coefficient (Wildman–Crippen LogP) is 18.4. The summed E-state index contributed by atoms with van der Waals surface area (Å²) >= 11 is 7.43. The molecule has 0 fully saturated rings. The molecule has 15 rings (SSSR count). The third kappa shape index (κ3) is 5.87. The molecule has 318 valence electrons. The lowest BCUT2D eigenvalue weighted by molar-refractivity contribution is 1.19. The van der Waals surface area contributed by atoms with Crippen molar-refractivity contribution in [3.63, 3.8) is 0 Å².